The number of esters is 1. The van der Waals surface area contributed by atoms with Crippen molar-refractivity contribution in [2.75, 3.05) is 14.2 Å². The summed E-state index contributed by atoms with van der Waals surface area (Å²) in [5, 5.41) is 6.72. The lowest BCUT2D eigenvalue weighted by atomic mass is 10.0. The predicted octanol–water partition coefficient (Wildman–Crippen LogP) is 2.26. The zero-order valence-corrected chi connectivity index (χ0v) is 14.8. The Morgan fingerprint density at radius 3 is 2.40 bits per heavy atom. The van der Waals surface area contributed by atoms with Crippen LogP contribution < -0.4 is 10.1 Å². The molecule has 2 rings (SSSR count). The number of carbonyl (C=O) groups excluding carboxylic acids is 2. The maximum Gasteiger partial charge on any atom is 0.307 e. The van der Waals surface area contributed by atoms with E-state index < -0.39 is 12.0 Å². The van der Waals surface area contributed by atoms with Crippen molar-refractivity contribution >= 4 is 11.9 Å². The summed E-state index contributed by atoms with van der Waals surface area (Å²) in [4.78, 5) is 24.1. The summed E-state index contributed by atoms with van der Waals surface area (Å²) in [6.45, 7) is 3.55. The minimum atomic E-state index is -0.494. The molecule has 134 valence electrons. The van der Waals surface area contributed by atoms with Crippen LogP contribution in [0.5, 0.6) is 5.75 Å². The molecule has 7 nitrogen and oxygen atoms in total. The molecule has 1 atom stereocenters. The number of methoxy groups -OCH3 is 2. The molecular weight excluding hydrogens is 324 g/mol. The predicted molar refractivity (Wildman–Crippen MR) is 90.2 cm³/mol. The van der Waals surface area contributed by atoms with Crippen molar-refractivity contribution in [2.45, 2.75) is 32.7 Å². The van der Waals surface area contributed by atoms with Gasteiger partial charge in [-0.1, -0.05) is 17.3 Å². The first-order valence-electron chi connectivity index (χ1n) is 7.86. The lowest BCUT2D eigenvalue weighted by Gasteiger charge is -2.18. The maximum atomic E-state index is 12.4. The second kappa shape index (κ2) is 8.32. The number of aryl methyl sites for hydroxylation is 2. The Morgan fingerprint density at radius 1 is 1.20 bits per heavy atom. The number of hydrogen-bond donors (Lipinski definition) is 1. The molecule has 7 heteroatoms. The molecule has 1 aromatic carbocycles. The van der Waals surface area contributed by atoms with E-state index in [-0.39, 0.29) is 18.7 Å². The SMILES string of the molecule is COC(=O)CC(NC(=O)Cc1c(C)noc1C)c1ccc(OC)cc1. The van der Waals surface area contributed by atoms with Gasteiger partial charge in [0, 0.05) is 5.56 Å². The van der Waals surface area contributed by atoms with E-state index in [1.807, 2.05) is 12.1 Å². The van der Waals surface area contributed by atoms with Crippen LogP contribution in [-0.2, 0) is 20.7 Å². The lowest BCUT2D eigenvalue weighted by molar-refractivity contribution is -0.141. The number of rotatable bonds is 7. The van der Waals surface area contributed by atoms with Crippen LogP contribution in [0.1, 0.15) is 35.0 Å². The molecule has 0 spiro atoms. The third kappa shape index (κ3) is 4.82. The quantitative estimate of drug-likeness (QED) is 0.774. The highest BCUT2D eigenvalue weighted by molar-refractivity contribution is 5.80. The van der Waals surface area contributed by atoms with E-state index in [0.29, 0.717) is 17.2 Å². The van der Waals surface area contributed by atoms with Crippen LogP contribution in [0.15, 0.2) is 28.8 Å². The van der Waals surface area contributed by atoms with Crippen LogP contribution in [0.2, 0.25) is 0 Å². The van der Waals surface area contributed by atoms with Gasteiger partial charge in [-0.25, -0.2) is 0 Å². The van der Waals surface area contributed by atoms with E-state index in [2.05, 4.69) is 10.5 Å². The van der Waals surface area contributed by atoms with Crippen molar-refractivity contribution in [3.8, 4) is 5.75 Å². The Morgan fingerprint density at radius 2 is 1.88 bits per heavy atom. The number of hydrogen-bond acceptors (Lipinski definition) is 6. The minimum absolute atomic E-state index is 0.0379. The van der Waals surface area contributed by atoms with Crippen LogP contribution in [-0.4, -0.2) is 31.3 Å². The van der Waals surface area contributed by atoms with E-state index in [1.54, 1.807) is 33.1 Å². The first-order chi connectivity index (χ1) is 11.9. The molecule has 1 amide bonds. The van der Waals surface area contributed by atoms with Gasteiger partial charge >= 0.3 is 5.97 Å². The summed E-state index contributed by atoms with van der Waals surface area (Å²) in [6.07, 6.45) is 0.172. The third-order valence-corrected chi connectivity index (χ3v) is 3.97. The van der Waals surface area contributed by atoms with E-state index in [4.69, 9.17) is 14.0 Å². The zero-order valence-electron chi connectivity index (χ0n) is 14.8. The Kier molecular flexibility index (Phi) is 6.16. The fraction of sp³-hybridized carbons (Fsp3) is 0.389. The summed E-state index contributed by atoms with van der Waals surface area (Å²) in [6, 6.07) is 6.68. The first-order valence-corrected chi connectivity index (χ1v) is 7.86. The number of nitrogens with zero attached hydrogens (tertiary/aromatic N) is 1. The van der Waals surface area contributed by atoms with Crippen molar-refractivity contribution < 1.29 is 23.6 Å². The number of amides is 1. The van der Waals surface area contributed by atoms with E-state index in [1.165, 1.54) is 7.11 Å². The van der Waals surface area contributed by atoms with Crippen molar-refractivity contribution in [3.63, 3.8) is 0 Å². The maximum absolute atomic E-state index is 12.4. The van der Waals surface area contributed by atoms with Crippen molar-refractivity contribution in [1.29, 1.82) is 0 Å². The molecule has 0 aliphatic rings. The van der Waals surface area contributed by atoms with Gasteiger partial charge < -0.3 is 19.3 Å². The fourth-order valence-corrected chi connectivity index (χ4v) is 2.50. The van der Waals surface area contributed by atoms with Crippen molar-refractivity contribution in [1.82, 2.24) is 10.5 Å². The molecule has 25 heavy (non-hydrogen) atoms. The molecule has 1 N–H and O–H groups in total. The number of nitrogens with one attached hydrogen (secondary N) is 1. The average molecular weight is 346 g/mol. The Labute approximate surface area is 146 Å². The van der Waals surface area contributed by atoms with Gasteiger partial charge in [0.1, 0.15) is 11.5 Å². The number of carbonyl (C=O) groups is 2. The summed E-state index contributed by atoms with van der Waals surface area (Å²) in [7, 11) is 2.89. The van der Waals surface area contributed by atoms with Crippen LogP contribution in [0.3, 0.4) is 0 Å². The third-order valence-electron chi connectivity index (χ3n) is 3.97. The molecule has 0 saturated carbocycles. The summed E-state index contributed by atoms with van der Waals surface area (Å²) < 4.78 is 14.9. The monoisotopic (exact) mass is 346 g/mol. The molecule has 0 bridgehead atoms. The molecule has 0 radical (unpaired) electrons. The molecular formula is C18H22N2O5. The topological polar surface area (TPSA) is 90.7 Å². The largest absolute Gasteiger partial charge is 0.497 e. The normalized spacial score (nSPS) is 11.7. The second-order valence-corrected chi connectivity index (χ2v) is 5.65. The number of ether oxygens (including phenoxy) is 2. The summed E-state index contributed by atoms with van der Waals surface area (Å²) in [5.74, 6) is 0.682. The molecule has 1 aromatic heterocycles. The van der Waals surface area contributed by atoms with Crippen LogP contribution in [0.4, 0.5) is 0 Å². The lowest BCUT2D eigenvalue weighted by Crippen LogP contribution is -2.31. The molecule has 2 aromatic rings. The van der Waals surface area contributed by atoms with Gasteiger partial charge in [-0.2, -0.15) is 0 Å². The van der Waals surface area contributed by atoms with Crippen LogP contribution >= 0.6 is 0 Å². The highest BCUT2D eigenvalue weighted by atomic mass is 16.5. The van der Waals surface area contributed by atoms with Crippen LogP contribution in [0.25, 0.3) is 0 Å². The summed E-state index contributed by atoms with van der Waals surface area (Å²) in [5.41, 5.74) is 2.23. The smallest absolute Gasteiger partial charge is 0.307 e. The fourth-order valence-electron chi connectivity index (χ4n) is 2.50. The van der Waals surface area contributed by atoms with Gasteiger partial charge in [0.2, 0.25) is 5.91 Å². The highest BCUT2D eigenvalue weighted by Crippen LogP contribution is 2.21. The van der Waals surface area contributed by atoms with Crippen molar-refractivity contribution in [2.24, 2.45) is 0 Å². The molecule has 1 heterocycles. The van der Waals surface area contributed by atoms with Gasteiger partial charge in [0.15, 0.2) is 0 Å². The van der Waals surface area contributed by atoms with Crippen LogP contribution in [0, 0.1) is 13.8 Å². The van der Waals surface area contributed by atoms with E-state index in [0.717, 1.165) is 11.1 Å². The first kappa shape index (κ1) is 18.5. The number of aromatic nitrogens is 1. The van der Waals surface area contributed by atoms with Crippen molar-refractivity contribution in [3.05, 3.63) is 46.8 Å². The minimum Gasteiger partial charge on any atom is -0.497 e. The summed E-state index contributed by atoms with van der Waals surface area (Å²) >= 11 is 0. The molecule has 0 fully saturated rings. The van der Waals surface area contributed by atoms with E-state index in [9.17, 15) is 9.59 Å². The van der Waals surface area contributed by atoms with E-state index >= 15 is 0 Å². The Bertz CT molecular complexity index is 717. The molecule has 1 unspecified atom stereocenters. The van der Waals surface area contributed by atoms with Gasteiger partial charge in [0.05, 0.1) is 38.8 Å². The van der Waals surface area contributed by atoms with Gasteiger partial charge in [0.25, 0.3) is 0 Å². The molecule has 0 saturated heterocycles. The number of benzene rings is 1. The second-order valence-electron chi connectivity index (χ2n) is 5.65. The molecule has 0 aliphatic carbocycles. The Balaban J connectivity index is 2.14. The highest BCUT2D eigenvalue weighted by Gasteiger charge is 2.21. The molecule has 0 aliphatic heterocycles. The van der Waals surface area contributed by atoms with Gasteiger partial charge in [-0.15, -0.1) is 0 Å². The Hall–Kier alpha value is -2.83. The standard InChI is InChI=1S/C18H22N2O5/c1-11-15(12(2)25-20-11)9-17(21)19-16(10-18(22)24-4)13-5-7-14(23-3)8-6-13/h5-8,16H,9-10H2,1-4H3,(H,19,21). The zero-order chi connectivity index (χ0) is 18.4. The van der Waals surface area contributed by atoms with Gasteiger partial charge in [-0.3, -0.25) is 9.59 Å². The average Bonchev–Trinajstić information content (AvgIpc) is 2.93. The van der Waals surface area contributed by atoms with Gasteiger partial charge in [-0.05, 0) is 31.5 Å².